The minimum atomic E-state index is -0.919. The second-order valence-corrected chi connectivity index (χ2v) is 4.12. The summed E-state index contributed by atoms with van der Waals surface area (Å²) in [6.07, 6.45) is 0. The van der Waals surface area contributed by atoms with Crippen LogP contribution in [-0.2, 0) is 0 Å². The Kier molecular flexibility index (Phi) is 4.25. The summed E-state index contributed by atoms with van der Waals surface area (Å²) in [6, 6.07) is 3.68. The highest BCUT2D eigenvalue weighted by atomic mass is 127. The Hall–Kier alpha value is -0.920. The van der Waals surface area contributed by atoms with Gasteiger partial charge in [0.2, 0.25) is 0 Å². The third kappa shape index (κ3) is 3.29. The van der Waals surface area contributed by atoms with Crippen molar-refractivity contribution < 1.29 is 13.6 Å². The van der Waals surface area contributed by atoms with Gasteiger partial charge in [-0.25, -0.2) is 13.6 Å². The van der Waals surface area contributed by atoms with Crippen LogP contribution in [0.25, 0.3) is 0 Å². The van der Waals surface area contributed by atoms with Crippen LogP contribution in [0.1, 0.15) is 0 Å². The quantitative estimate of drug-likeness (QED) is 0.658. The summed E-state index contributed by atoms with van der Waals surface area (Å²) in [7, 11) is 1.28. The number of hydrogen-bond donors (Lipinski definition) is 1. The molecule has 82 valence electrons. The molecule has 0 fully saturated rings. The minimum Gasteiger partial charge on any atom is -0.305 e. The van der Waals surface area contributed by atoms with Crippen molar-refractivity contribution in [1.82, 2.24) is 4.90 Å². The molecule has 0 spiro atoms. The Labute approximate surface area is 99.6 Å². The summed E-state index contributed by atoms with van der Waals surface area (Å²) < 4.78 is 26.0. The van der Waals surface area contributed by atoms with E-state index in [9.17, 15) is 13.6 Å². The molecule has 0 bridgehead atoms. The standard InChI is InChI=1S/C9H9F2IN2O/c1-14(5-10)9(15)13-8-3-2-6(12)4-7(8)11/h2-4H,5H2,1H3,(H,13,15). The fourth-order valence-electron chi connectivity index (χ4n) is 0.856. The molecule has 1 rings (SSSR count). The van der Waals surface area contributed by atoms with Gasteiger partial charge < -0.3 is 5.32 Å². The van der Waals surface area contributed by atoms with E-state index in [1.807, 2.05) is 22.6 Å². The number of carbonyl (C=O) groups is 1. The van der Waals surface area contributed by atoms with Crippen LogP contribution < -0.4 is 5.32 Å². The minimum absolute atomic E-state index is 0.0423. The number of nitrogens with one attached hydrogen (secondary N) is 1. The van der Waals surface area contributed by atoms with Crippen LogP contribution in [0.15, 0.2) is 18.2 Å². The first-order chi connectivity index (χ1) is 7.04. The molecule has 0 aliphatic heterocycles. The van der Waals surface area contributed by atoms with Crippen molar-refractivity contribution >= 4 is 34.3 Å². The molecule has 15 heavy (non-hydrogen) atoms. The number of halogens is 3. The number of nitrogens with zero attached hydrogens (tertiary/aromatic N) is 1. The smallest absolute Gasteiger partial charge is 0.305 e. The first-order valence-electron chi connectivity index (χ1n) is 4.07. The van der Waals surface area contributed by atoms with Crippen molar-refractivity contribution in [2.45, 2.75) is 0 Å². The lowest BCUT2D eigenvalue weighted by molar-refractivity contribution is 0.199. The molecule has 0 atom stereocenters. The molecule has 0 heterocycles. The maximum absolute atomic E-state index is 13.2. The van der Waals surface area contributed by atoms with Gasteiger partial charge in [0.25, 0.3) is 0 Å². The van der Waals surface area contributed by atoms with E-state index < -0.39 is 18.6 Å². The Balaban J connectivity index is 2.77. The van der Waals surface area contributed by atoms with Gasteiger partial charge in [0.05, 0.1) is 5.69 Å². The largest absolute Gasteiger partial charge is 0.323 e. The Morgan fingerprint density at radius 2 is 2.27 bits per heavy atom. The van der Waals surface area contributed by atoms with Crippen molar-refractivity contribution in [1.29, 1.82) is 0 Å². The highest BCUT2D eigenvalue weighted by Crippen LogP contribution is 2.17. The summed E-state index contributed by atoms with van der Waals surface area (Å²) >= 11 is 1.95. The predicted molar refractivity (Wildman–Crippen MR) is 61.9 cm³/mol. The number of anilines is 1. The van der Waals surface area contributed by atoms with Crippen LogP contribution in [0.2, 0.25) is 0 Å². The van der Waals surface area contributed by atoms with Gasteiger partial charge in [0.1, 0.15) is 5.82 Å². The first-order valence-corrected chi connectivity index (χ1v) is 5.15. The van der Waals surface area contributed by atoms with E-state index in [2.05, 4.69) is 5.32 Å². The molecule has 0 aliphatic rings. The maximum Gasteiger partial charge on any atom is 0.323 e. The first kappa shape index (κ1) is 12.2. The fourth-order valence-corrected chi connectivity index (χ4v) is 1.31. The van der Waals surface area contributed by atoms with Crippen molar-refractivity contribution in [3.63, 3.8) is 0 Å². The SMILES string of the molecule is CN(CF)C(=O)Nc1ccc(I)cc1F. The van der Waals surface area contributed by atoms with Crippen LogP contribution in [-0.4, -0.2) is 24.8 Å². The second-order valence-electron chi connectivity index (χ2n) is 2.87. The molecule has 1 N–H and O–H groups in total. The molecule has 0 saturated carbocycles. The number of rotatable bonds is 2. The van der Waals surface area contributed by atoms with Gasteiger partial charge >= 0.3 is 6.03 Å². The van der Waals surface area contributed by atoms with Crippen molar-refractivity contribution in [2.75, 3.05) is 19.2 Å². The van der Waals surface area contributed by atoms with E-state index >= 15 is 0 Å². The van der Waals surface area contributed by atoms with Crippen molar-refractivity contribution in [3.05, 3.63) is 27.6 Å². The summed E-state index contributed by atoms with van der Waals surface area (Å²) in [5, 5.41) is 2.26. The molecular weight excluding hydrogens is 317 g/mol. The van der Waals surface area contributed by atoms with Gasteiger partial charge in [-0.1, -0.05) is 0 Å². The number of urea groups is 1. The van der Waals surface area contributed by atoms with Gasteiger partial charge in [-0.05, 0) is 40.8 Å². The highest BCUT2D eigenvalue weighted by molar-refractivity contribution is 14.1. The number of amides is 2. The molecule has 0 saturated heterocycles. The average Bonchev–Trinajstić information content (AvgIpc) is 2.20. The van der Waals surface area contributed by atoms with Crippen LogP contribution in [0.3, 0.4) is 0 Å². The monoisotopic (exact) mass is 326 g/mol. The third-order valence-electron chi connectivity index (χ3n) is 1.70. The molecule has 0 radical (unpaired) electrons. The summed E-state index contributed by atoms with van der Waals surface area (Å²) in [4.78, 5) is 12.0. The van der Waals surface area contributed by atoms with Crippen LogP contribution in [0.4, 0.5) is 19.3 Å². The van der Waals surface area contributed by atoms with Crippen molar-refractivity contribution in [2.24, 2.45) is 0 Å². The zero-order valence-corrected chi connectivity index (χ0v) is 10.1. The van der Waals surface area contributed by atoms with Gasteiger partial charge in [-0.3, -0.25) is 4.90 Å². The van der Waals surface area contributed by atoms with Gasteiger partial charge in [0, 0.05) is 10.6 Å². The lowest BCUT2D eigenvalue weighted by Crippen LogP contribution is -2.30. The van der Waals surface area contributed by atoms with E-state index in [0.717, 1.165) is 8.47 Å². The normalized spacial score (nSPS) is 9.87. The summed E-state index contributed by atoms with van der Waals surface area (Å²) in [5.41, 5.74) is 0.0423. The Morgan fingerprint density at radius 1 is 1.60 bits per heavy atom. The number of carbonyl (C=O) groups excluding carboxylic acids is 1. The molecule has 0 aromatic heterocycles. The highest BCUT2D eigenvalue weighted by Gasteiger charge is 2.10. The van der Waals surface area contributed by atoms with Crippen LogP contribution >= 0.6 is 22.6 Å². The van der Waals surface area contributed by atoms with E-state index in [0.29, 0.717) is 0 Å². The van der Waals surface area contributed by atoms with E-state index in [1.165, 1.54) is 19.2 Å². The van der Waals surface area contributed by atoms with Crippen molar-refractivity contribution in [3.8, 4) is 0 Å². The van der Waals surface area contributed by atoms with E-state index in [-0.39, 0.29) is 5.69 Å². The predicted octanol–water partition coefficient (Wildman–Crippen LogP) is 2.82. The molecule has 2 amide bonds. The van der Waals surface area contributed by atoms with Gasteiger partial charge in [-0.2, -0.15) is 0 Å². The average molecular weight is 326 g/mol. The zero-order chi connectivity index (χ0) is 11.4. The molecular formula is C9H9F2IN2O. The van der Waals surface area contributed by atoms with Gasteiger partial charge in [0.15, 0.2) is 6.80 Å². The summed E-state index contributed by atoms with van der Waals surface area (Å²) in [5.74, 6) is -0.539. The second kappa shape index (κ2) is 5.24. The molecule has 3 nitrogen and oxygen atoms in total. The number of alkyl halides is 1. The van der Waals surface area contributed by atoms with Gasteiger partial charge in [-0.15, -0.1) is 0 Å². The molecule has 1 aromatic rings. The third-order valence-corrected chi connectivity index (χ3v) is 2.37. The lowest BCUT2D eigenvalue weighted by atomic mass is 10.3. The van der Waals surface area contributed by atoms with E-state index in [4.69, 9.17) is 0 Å². The van der Waals surface area contributed by atoms with Crippen LogP contribution in [0, 0.1) is 9.39 Å². The van der Waals surface area contributed by atoms with E-state index in [1.54, 1.807) is 6.07 Å². The zero-order valence-electron chi connectivity index (χ0n) is 7.93. The number of benzene rings is 1. The summed E-state index contributed by atoms with van der Waals surface area (Å²) in [6.45, 7) is -0.919. The topological polar surface area (TPSA) is 32.3 Å². The fraction of sp³-hybridized carbons (Fsp3) is 0.222. The lowest BCUT2D eigenvalue weighted by Gasteiger charge is -2.14. The Bertz CT molecular complexity index is 373. The maximum atomic E-state index is 13.2. The molecule has 0 unspecified atom stereocenters. The molecule has 0 aliphatic carbocycles. The number of hydrogen-bond acceptors (Lipinski definition) is 1. The van der Waals surface area contributed by atoms with Crippen LogP contribution in [0.5, 0.6) is 0 Å². The Morgan fingerprint density at radius 3 is 2.80 bits per heavy atom. The molecule has 6 heteroatoms. The molecule has 1 aromatic carbocycles.